The molecule has 1 amide bonds. The maximum absolute atomic E-state index is 10.8. The summed E-state index contributed by atoms with van der Waals surface area (Å²) >= 11 is 0. The van der Waals surface area contributed by atoms with Crippen LogP contribution in [-0.4, -0.2) is 19.1 Å². The average Bonchev–Trinajstić information content (AvgIpc) is 2.38. The van der Waals surface area contributed by atoms with Crippen molar-refractivity contribution in [2.24, 2.45) is 11.5 Å². The van der Waals surface area contributed by atoms with Gasteiger partial charge in [-0.3, -0.25) is 4.79 Å². The Labute approximate surface area is 113 Å². The standard InChI is InChI=1S/C14H22N2O3/c1-3-18-14(19-4-2)11-7-5-10(6-8-11)12(15)9-13(16)17/h5-8,12,14H,3-4,9,15H2,1-2H3,(H2,16,17). The number of carbonyl (C=O) groups is 1. The summed E-state index contributed by atoms with van der Waals surface area (Å²) in [6.45, 7) is 4.99. The van der Waals surface area contributed by atoms with Crippen molar-refractivity contribution in [2.75, 3.05) is 13.2 Å². The summed E-state index contributed by atoms with van der Waals surface area (Å²) in [5.41, 5.74) is 12.8. The minimum absolute atomic E-state index is 0.139. The first kappa shape index (κ1) is 15.6. The second-order valence-electron chi connectivity index (χ2n) is 4.19. The van der Waals surface area contributed by atoms with Crippen LogP contribution in [0.25, 0.3) is 0 Å². The molecule has 1 atom stereocenters. The zero-order chi connectivity index (χ0) is 14.3. The Hall–Kier alpha value is -1.43. The van der Waals surface area contributed by atoms with E-state index < -0.39 is 5.91 Å². The Morgan fingerprint density at radius 1 is 1.11 bits per heavy atom. The molecule has 0 fully saturated rings. The molecule has 1 unspecified atom stereocenters. The summed E-state index contributed by atoms with van der Waals surface area (Å²) < 4.78 is 11.0. The van der Waals surface area contributed by atoms with Gasteiger partial charge in [-0.05, 0) is 19.4 Å². The molecule has 0 saturated heterocycles. The van der Waals surface area contributed by atoms with Crippen molar-refractivity contribution >= 4 is 5.91 Å². The highest BCUT2D eigenvalue weighted by Gasteiger charge is 2.13. The molecular weight excluding hydrogens is 244 g/mol. The SMILES string of the molecule is CCOC(OCC)c1ccc(C(N)CC(N)=O)cc1. The molecule has 19 heavy (non-hydrogen) atoms. The van der Waals surface area contributed by atoms with E-state index in [1.165, 1.54) is 0 Å². The molecule has 0 bridgehead atoms. The normalized spacial score (nSPS) is 12.6. The van der Waals surface area contributed by atoms with E-state index in [4.69, 9.17) is 20.9 Å². The van der Waals surface area contributed by atoms with Gasteiger partial charge in [0, 0.05) is 31.2 Å². The number of primary amides is 1. The largest absolute Gasteiger partial charge is 0.370 e. The molecule has 1 aromatic carbocycles. The number of carbonyl (C=O) groups excluding carboxylic acids is 1. The highest BCUT2D eigenvalue weighted by Crippen LogP contribution is 2.22. The molecule has 4 N–H and O–H groups in total. The third kappa shape index (κ3) is 4.98. The van der Waals surface area contributed by atoms with Crippen LogP contribution >= 0.6 is 0 Å². The zero-order valence-electron chi connectivity index (χ0n) is 11.5. The summed E-state index contributed by atoms with van der Waals surface area (Å²) in [7, 11) is 0. The van der Waals surface area contributed by atoms with Crippen LogP contribution in [0.4, 0.5) is 0 Å². The first-order chi connectivity index (χ1) is 9.08. The second-order valence-corrected chi connectivity index (χ2v) is 4.19. The number of hydrogen-bond donors (Lipinski definition) is 2. The predicted molar refractivity (Wildman–Crippen MR) is 73.2 cm³/mol. The van der Waals surface area contributed by atoms with Crippen LogP contribution in [0.15, 0.2) is 24.3 Å². The van der Waals surface area contributed by atoms with Gasteiger partial charge in [0.2, 0.25) is 5.91 Å². The minimum Gasteiger partial charge on any atom is -0.370 e. The molecule has 0 saturated carbocycles. The van der Waals surface area contributed by atoms with E-state index in [1.807, 2.05) is 38.1 Å². The number of rotatable bonds is 8. The van der Waals surface area contributed by atoms with Crippen molar-refractivity contribution in [2.45, 2.75) is 32.6 Å². The Balaban J connectivity index is 2.76. The fourth-order valence-corrected chi connectivity index (χ4v) is 1.78. The molecule has 1 aromatic rings. The molecule has 0 aliphatic carbocycles. The van der Waals surface area contributed by atoms with E-state index >= 15 is 0 Å². The van der Waals surface area contributed by atoms with Crippen LogP contribution in [0.1, 0.15) is 43.7 Å². The molecule has 0 aliphatic heterocycles. The topological polar surface area (TPSA) is 87.6 Å². The van der Waals surface area contributed by atoms with E-state index in [0.717, 1.165) is 11.1 Å². The summed E-state index contributed by atoms with van der Waals surface area (Å²) in [6.07, 6.45) is -0.226. The van der Waals surface area contributed by atoms with Crippen molar-refractivity contribution in [1.29, 1.82) is 0 Å². The summed E-state index contributed by atoms with van der Waals surface area (Å²) in [6, 6.07) is 7.16. The number of ether oxygens (including phenoxy) is 2. The molecule has 1 rings (SSSR count). The number of amides is 1. The first-order valence-corrected chi connectivity index (χ1v) is 6.45. The van der Waals surface area contributed by atoms with E-state index in [-0.39, 0.29) is 18.8 Å². The van der Waals surface area contributed by atoms with Crippen molar-refractivity contribution in [3.63, 3.8) is 0 Å². The van der Waals surface area contributed by atoms with Crippen LogP contribution < -0.4 is 11.5 Å². The highest BCUT2D eigenvalue weighted by molar-refractivity contribution is 5.74. The Bertz CT molecular complexity index is 386. The Kier molecular flexibility index (Phi) is 6.49. The van der Waals surface area contributed by atoms with Crippen LogP contribution in [0, 0.1) is 0 Å². The lowest BCUT2D eigenvalue weighted by molar-refractivity contribution is -0.140. The van der Waals surface area contributed by atoms with Gasteiger partial charge in [0.1, 0.15) is 0 Å². The van der Waals surface area contributed by atoms with E-state index in [2.05, 4.69) is 0 Å². The van der Waals surface area contributed by atoms with Gasteiger partial charge in [0.25, 0.3) is 0 Å². The van der Waals surface area contributed by atoms with E-state index in [0.29, 0.717) is 13.2 Å². The molecule has 5 heteroatoms. The van der Waals surface area contributed by atoms with Crippen LogP contribution in [-0.2, 0) is 14.3 Å². The molecular formula is C14H22N2O3. The fraction of sp³-hybridized carbons (Fsp3) is 0.500. The van der Waals surface area contributed by atoms with Crippen LogP contribution in [0.3, 0.4) is 0 Å². The lowest BCUT2D eigenvalue weighted by Crippen LogP contribution is -2.20. The van der Waals surface area contributed by atoms with Crippen molar-refractivity contribution < 1.29 is 14.3 Å². The average molecular weight is 266 g/mol. The van der Waals surface area contributed by atoms with Gasteiger partial charge < -0.3 is 20.9 Å². The van der Waals surface area contributed by atoms with E-state index in [9.17, 15) is 4.79 Å². The smallest absolute Gasteiger partial charge is 0.219 e. The van der Waals surface area contributed by atoms with Gasteiger partial charge in [-0.25, -0.2) is 0 Å². The molecule has 0 aromatic heterocycles. The van der Waals surface area contributed by atoms with Gasteiger partial charge in [-0.2, -0.15) is 0 Å². The quantitative estimate of drug-likeness (QED) is 0.700. The maximum atomic E-state index is 10.8. The minimum atomic E-state index is -0.405. The molecule has 5 nitrogen and oxygen atoms in total. The van der Waals surface area contributed by atoms with Gasteiger partial charge in [0.05, 0.1) is 0 Å². The van der Waals surface area contributed by atoms with Crippen molar-refractivity contribution in [1.82, 2.24) is 0 Å². The Morgan fingerprint density at radius 2 is 1.58 bits per heavy atom. The van der Waals surface area contributed by atoms with Gasteiger partial charge in [0.15, 0.2) is 6.29 Å². The second kappa shape index (κ2) is 7.89. The Morgan fingerprint density at radius 3 is 2.00 bits per heavy atom. The lowest BCUT2D eigenvalue weighted by Gasteiger charge is -2.18. The summed E-state index contributed by atoms with van der Waals surface area (Å²) in [5.74, 6) is -0.405. The summed E-state index contributed by atoms with van der Waals surface area (Å²) in [5, 5.41) is 0. The van der Waals surface area contributed by atoms with Crippen molar-refractivity contribution in [3.05, 3.63) is 35.4 Å². The first-order valence-electron chi connectivity index (χ1n) is 6.45. The highest BCUT2D eigenvalue weighted by atomic mass is 16.7. The third-order valence-electron chi connectivity index (χ3n) is 2.69. The number of benzene rings is 1. The fourth-order valence-electron chi connectivity index (χ4n) is 1.78. The molecule has 0 heterocycles. The van der Waals surface area contributed by atoms with Gasteiger partial charge >= 0.3 is 0 Å². The monoisotopic (exact) mass is 266 g/mol. The van der Waals surface area contributed by atoms with Crippen LogP contribution in [0.5, 0.6) is 0 Å². The molecule has 106 valence electrons. The zero-order valence-corrected chi connectivity index (χ0v) is 11.5. The van der Waals surface area contributed by atoms with Gasteiger partial charge in [-0.1, -0.05) is 24.3 Å². The van der Waals surface area contributed by atoms with Crippen molar-refractivity contribution in [3.8, 4) is 0 Å². The maximum Gasteiger partial charge on any atom is 0.219 e. The summed E-state index contributed by atoms with van der Waals surface area (Å²) in [4.78, 5) is 10.8. The number of nitrogens with two attached hydrogens (primary N) is 2. The van der Waals surface area contributed by atoms with Gasteiger partial charge in [-0.15, -0.1) is 0 Å². The number of hydrogen-bond acceptors (Lipinski definition) is 4. The molecule has 0 radical (unpaired) electrons. The molecule has 0 aliphatic rings. The van der Waals surface area contributed by atoms with E-state index in [1.54, 1.807) is 0 Å². The predicted octanol–water partition coefficient (Wildman–Crippen LogP) is 1.63. The lowest BCUT2D eigenvalue weighted by atomic mass is 10.0. The molecule has 0 spiro atoms. The van der Waals surface area contributed by atoms with Crippen LogP contribution in [0.2, 0.25) is 0 Å². The third-order valence-corrected chi connectivity index (χ3v) is 2.69.